The molecule has 17 heavy (non-hydrogen) atoms. The Hall–Kier alpha value is -0.570. The average Bonchev–Trinajstić information content (AvgIpc) is 2.82. The van der Waals surface area contributed by atoms with Crippen molar-refractivity contribution in [3.8, 4) is 0 Å². The highest BCUT2D eigenvalue weighted by Gasteiger charge is 2.24. The van der Waals surface area contributed by atoms with Gasteiger partial charge in [-0.1, -0.05) is 32.6 Å². The average molecular weight is 238 g/mol. The first-order valence-corrected chi connectivity index (χ1v) is 7.24. The zero-order valence-corrected chi connectivity index (χ0v) is 11.0. The fraction of sp³-hybridized carbons (Fsp3) is 0.929. The molecule has 2 fully saturated rings. The summed E-state index contributed by atoms with van der Waals surface area (Å²) in [4.78, 5) is 12.0. The lowest BCUT2D eigenvalue weighted by molar-refractivity contribution is -0.125. The molecule has 1 aliphatic heterocycles. The van der Waals surface area contributed by atoms with Gasteiger partial charge < -0.3 is 10.6 Å². The normalized spacial score (nSPS) is 30.4. The Labute approximate surface area is 105 Å². The fourth-order valence-electron chi connectivity index (χ4n) is 3.20. The van der Waals surface area contributed by atoms with Crippen molar-refractivity contribution < 1.29 is 4.79 Å². The van der Waals surface area contributed by atoms with Crippen LogP contribution in [0.15, 0.2) is 0 Å². The lowest BCUT2D eigenvalue weighted by Crippen LogP contribution is -2.43. The Bertz CT molecular complexity index is 249. The predicted molar refractivity (Wildman–Crippen MR) is 69.7 cm³/mol. The first-order chi connectivity index (χ1) is 8.25. The number of hydrogen-bond acceptors (Lipinski definition) is 2. The fourth-order valence-corrected chi connectivity index (χ4v) is 3.20. The summed E-state index contributed by atoms with van der Waals surface area (Å²) >= 11 is 0. The number of nitrogens with one attached hydrogen (secondary N) is 2. The molecule has 2 atom stereocenters. The molecule has 0 aromatic heterocycles. The lowest BCUT2D eigenvalue weighted by Gasteiger charge is -2.27. The summed E-state index contributed by atoms with van der Waals surface area (Å²) in [7, 11) is 0. The van der Waals surface area contributed by atoms with Crippen LogP contribution in [0.4, 0.5) is 0 Å². The molecule has 1 saturated carbocycles. The van der Waals surface area contributed by atoms with E-state index in [0.29, 0.717) is 5.92 Å². The molecular formula is C14H26N2O. The molecule has 2 N–H and O–H groups in total. The number of carbonyl (C=O) groups excluding carboxylic acids is 1. The molecular weight excluding hydrogens is 212 g/mol. The lowest BCUT2D eigenvalue weighted by atomic mass is 9.91. The van der Waals surface area contributed by atoms with Crippen molar-refractivity contribution in [2.75, 3.05) is 19.6 Å². The van der Waals surface area contributed by atoms with Crippen LogP contribution in [0.5, 0.6) is 0 Å². The van der Waals surface area contributed by atoms with Crippen LogP contribution >= 0.6 is 0 Å². The molecule has 1 heterocycles. The number of hydrogen-bond donors (Lipinski definition) is 2. The molecule has 98 valence electrons. The van der Waals surface area contributed by atoms with Gasteiger partial charge in [-0.05, 0) is 31.2 Å². The molecule has 3 heteroatoms. The van der Waals surface area contributed by atoms with Crippen molar-refractivity contribution >= 4 is 5.91 Å². The van der Waals surface area contributed by atoms with Gasteiger partial charge in [0.05, 0.1) is 5.92 Å². The molecule has 1 aliphatic carbocycles. The van der Waals surface area contributed by atoms with Crippen molar-refractivity contribution in [3.05, 3.63) is 0 Å². The van der Waals surface area contributed by atoms with Crippen molar-refractivity contribution in [2.45, 2.75) is 45.4 Å². The van der Waals surface area contributed by atoms with E-state index in [9.17, 15) is 4.79 Å². The van der Waals surface area contributed by atoms with E-state index in [1.165, 1.54) is 32.1 Å². The zero-order chi connectivity index (χ0) is 12.1. The summed E-state index contributed by atoms with van der Waals surface area (Å²) < 4.78 is 0. The third kappa shape index (κ3) is 3.98. The summed E-state index contributed by atoms with van der Waals surface area (Å²) in [5.41, 5.74) is 0. The van der Waals surface area contributed by atoms with Gasteiger partial charge in [0, 0.05) is 13.1 Å². The number of rotatable bonds is 4. The number of carbonyl (C=O) groups is 1. The van der Waals surface area contributed by atoms with Crippen molar-refractivity contribution in [1.29, 1.82) is 0 Å². The molecule has 2 rings (SSSR count). The second kappa shape index (κ2) is 6.39. The minimum atomic E-state index is 0.197. The van der Waals surface area contributed by atoms with Gasteiger partial charge in [-0.2, -0.15) is 0 Å². The van der Waals surface area contributed by atoms with Crippen LogP contribution < -0.4 is 10.6 Å². The van der Waals surface area contributed by atoms with Gasteiger partial charge in [0.2, 0.25) is 5.91 Å². The quantitative estimate of drug-likeness (QED) is 0.786. The number of amides is 1. The van der Waals surface area contributed by atoms with Crippen LogP contribution in [0.3, 0.4) is 0 Å². The molecule has 2 unspecified atom stereocenters. The maximum absolute atomic E-state index is 12.0. The van der Waals surface area contributed by atoms with E-state index in [-0.39, 0.29) is 11.8 Å². The highest BCUT2D eigenvalue weighted by molar-refractivity contribution is 5.78. The SMILES string of the molecule is CC1CNCC(C(=O)NCCC2CCCC2)C1. The Morgan fingerprint density at radius 1 is 1.29 bits per heavy atom. The second-order valence-corrected chi connectivity index (χ2v) is 5.93. The Morgan fingerprint density at radius 2 is 2.06 bits per heavy atom. The predicted octanol–water partition coefficient (Wildman–Crippen LogP) is 1.93. The topological polar surface area (TPSA) is 41.1 Å². The van der Waals surface area contributed by atoms with Gasteiger partial charge in [0.25, 0.3) is 0 Å². The summed E-state index contributed by atoms with van der Waals surface area (Å²) in [6.45, 7) is 5.02. The van der Waals surface area contributed by atoms with Gasteiger partial charge in [-0.15, -0.1) is 0 Å². The van der Waals surface area contributed by atoms with Crippen LogP contribution in [0.25, 0.3) is 0 Å². The van der Waals surface area contributed by atoms with E-state index in [0.717, 1.165) is 32.0 Å². The molecule has 0 aromatic carbocycles. The van der Waals surface area contributed by atoms with Gasteiger partial charge in [0.1, 0.15) is 0 Å². The number of piperidine rings is 1. The highest BCUT2D eigenvalue weighted by Crippen LogP contribution is 2.27. The zero-order valence-electron chi connectivity index (χ0n) is 11.0. The Kier molecular flexibility index (Phi) is 4.84. The van der Waals surface area contributed by atoms with Gasteiger partial charge >= 0.3 is 0 Å². The minimum absolute atomic E-state index is 0.197. The smallest absolute Gasteiger partial charge is 0.224 e. The van der Waals surface area contributed by atoms with E-state index < -0.39 is 0 Å². The summed E-state index contributed by atoms with van der Waals surface area (Å²) in [5, 5.41) is 6.46. The Balaban J connectivity index is 1.62. The van der Waals surface area contributed by atoms with Gasteiger partial charge in [-0.3, -0.25) is 4.79 Å². The molecule has 2 aliphatic rings. The third-order valence-electron chi connectivity index (χ3n) is 4.27. The molecule has 0 bridgehead atoms. The first-order valence-electron chi connectivity index (χ1n) is 7.24. The van der Waals surface area contributed by atoms with E-state index in [4.69, 9.17) is 0 Å². The molecule has 0 radical (unpaired) electrons. The van der Waals surface area contributed by atoms with Gasteiger partial charge in [-0.25, -0.2) is 0 Å². The van der Waals surface area contributed by atoms with Crippen molar-refractivity contribution in [3.63, 3.8) is 0 Å². The highest BCUT2D eigenvalue weighted by atomic mass is 16.1. The second-order valence-electron chi connectivity index (χ2n) is 5.93. The molecule has 0 spiro atoms. The van der Waals surface area contributed by atoms with Crippen LogP contribution in [0, 0.1) is 17.8 Å². The Morgan fingerprint density at radius 3 is 2.76 bits per heavy atom. The third-order valence-corrected chi connectivity index (χ3v) is 4.27. The van der Waals surface area contributed by atoms with Crippen LogP contribution in [-0.2, 0) is 4.79 Å². The molecule has 3 nitrogen and oxygen atoms in total. The molecule has 0 aromatic rings. The van der Waals surface area contributed by atoms with E-state index >= 15 is 0 Å². The summed E-state index contributed by atoms with van der Waals surface area (Å²) in [5.74, 6) is 1.97. The van der Waals surface area contributed by atoms with Crippen LogP contribution in [0.2, 0.25) is 0 Å². The van der Waals surface area contributed by atoms with Crippen LogP contribution in [0.1, 0.15) is 45.4 Å². The summed E-state index contributed by atoms with van der Waals surface area (Å²) in [6.07, 6.45) is 7.75. The summed E-state index contributed by atoms with van der Waals surface area (Å²) in [6, 6.07) is 0. The maximum atomic E-state index is 12.0. The first kappa shape index (κ1) is 12.9. The molecule has 1 amide bonds. The standard InChI is InChI=1S/C14H26N2O/c1-11-8-13(10-15-9-11)14(17)16-7-6-12-4-2-3-5-12/h11-13,15H,2-10H2,1H3,(H,16,17). The minimum Gasteiger partial charge on any atom is -0.356 e. The van der Waals surface area contributed by atoms with Gasteiger partial charge in [0.15, 0.2) is 0 Å². The molecule has 1 saturated heterocycles. The van der Waals surface area contributed by atoms with E-state index in [1.54, 1.807) is 0 Å². The van der Waals surface area contributed by atoms with E-state index in [2.05, 4.69) is 17.6 Å². The van der Waals surface area contributed by atoms with E-state index in [1.807, 2.05) is 0 Å². The monoisotopic (exact) mass is 238 g/mol. The maximum Gasteiger partial charge on any atom is 0.224 e. The van der Waals surface area contributed by atoms with Crippen molar-refractivity contribution in [1.82, 2.24) is 10.6 Å². The van der Waals surface area contributed by atoms with Crippen molar-refractivity contribution in [2.24, 2.45) is 17.8 Å². The van der Waals surface area contributed by atoms with Crippen LogP contribution in [-0.4, -0.2) is 25.5 Å². The largest absolute Gasteiger partial charge is 0.356 e.